The van der Waals surface area contributed by atoms with Crippen LogP contribution in [0.3, 0.4) is 0 Å². The molecule has 1 aliphatic carbocycles. The zero-order valence-electron chi connectivity index (χ0n) is 9.43. The smallest absolute Gasteiger partial charge is 0.356 e. The molecule has 6 heteroatoms. The summed E-state index contributed by atoms with van der Waals surface area (Å²) in [5.41, 5.74) is 2.02. The molecular formula is C12H10IN3O2. The minimum Gasteiger partial charge on any atom is -0.476 e. The number of carboxylic acids is 1. The van der Waals surface area contributed by atoms with Gasteiger partial charge in [0.15, 0.2) is 11.5 Å². The van der Waals surface area contributed by atoms with Gasteiger partial charge >= 0.3 is 5.97 Å². The first-order valence-electron chi connectivity index (χ1n) is 5.63. The third-order valence-electron chi connectivity index (χ3n) is 3.06. The molecule has 1 N–H and O–H groups in total. The van der Waals surface area contributed by atoms with E-state index in [1.54, 1.807) is 10.9 Å². The Hall–Kier alpha value is -1.44. The van der Waals surface area contributed by atoms with Crippen LogP contribution in [-0.2, 0) is 12.8 Å². The molecule has 2 aromatic heterocycles. The molecule has 0 radical (unpaired) electrons. The quantitative estimate of drug-likeness (QED) is 0.838. The molecule has 92 valence electrons. The van der Waals surface area contributed by atoms with E-state index in [1.165, 1.54) is 0 Å². The summed E-state index contributed by atoms with van der Waals surface area (Å²) in [6.07, 6.45) is 4.35. The number of pyridine rings is 1. The fraction of sp³-hybridized carbons (Fsp3) is 0.250. The van der Waals surface area contributed by atoms with Crippen LogP contribution in [0.1, 0.15) is 28.2 Å². The van der Waals surface area contributed by atoms with Crippen molar-refractivity contribution < 1.29 is 9.90 Å². The first kappa shape index (κ1) is 11.6. The summed E-state index contributed by atoms with van der Waals surface area (Å²) in [7, 11) is 0. The predicted molar refractivity (Wildman–Crippen MR) is 73.1 cm³/mol. The zero-order chi connectivity index (χ0) is 12.7. The van der Waals surface area contributed by atoms with Crippen molar-refractivity contribution in [2.75, 3.05) is 0 Å². The van der Waals surface area contributed by atoms with Gasteiger partial charge < -0.3 is 5.11 Å². The fourth-order valence-corrected chi connectivity index (χ4v) is 2.75. The van der Waals surface area contributed by atoms with Gasteiger partial charge in [0.05, 0.1) is 5.69 Å². The largest absolute Gasteiger partial charge is 0.476 e. The predicted octanol–water partition coefficient (Wildman–Crippen LogP) is 2.06. The van der Waals surface area contributed by atoms with Crippen molar-refractivity contribution in [3.8, 4) is 5.82 Å². The van der Waals surface area contributed by atoms with Crippen molar-refractivity contribution in [3.63, 3.8) is 0 Å². The van der Waals surface area contributed by atoms with Gasteiger partial charge in [0.2, 0.25) is 0 Å². The summed E-state index contributed by atoms with van der Waals surface area (Å²) in [6.45, 7) is 0. The Labute approximate surface area is 117 Å². The summed E-state index contributed by atoms with van der Waals surface area (Å²) in [6, 6.07) is 3.80. The minimum atomic E-state index is -0.961. The monoisotopic (exact) mass is 355 g/mol. The highest BCUT2D eigenvalue weighted by molar-refractivity contribution is 14.1. The summed E-state index contributed by atoms with van der Waals surface area (Å²) in [5.74, 6) is -0.273. The fourth-order valence-electron chi connectivity index (χ4n) is 2.31. The maximum Gasteiger partial charge on any atom is 0.356 e. The number of fused-ring (bicyclic) bond motifs is 1. The average Bonchev–Trinajstić information content (AvgIpc) is 2.88. The Morgan fingerprint density at radius 1 is 1.44 bits per heavy atom. The number of halogens is 1. The molecular weight excluding hydrogens is 345 g/mol. The van der Waals surface area contributed by atoms with Crippen molar-refractivity contribution >= 4 is 28.6 Å². The third kappa shape index (κ3) is 1.80. The van der Waals surface area contributed by atoms with Gasteiger partial charge in [-0.3, -0.25) is 0 Å². The maximum absolute atomic E-state index is 11.2. The Morgan fingerprint density at radius 3 is 3.00 bits per heavy atom. The Kier molecular flexibility index (Phi) is 2.81. The van der Waals surface area contributed by atoms with E-state index in [1.807, 2.05) is 12.1 Å². The van der Waals surface area contributed by atoms with Crippen LogP contribution in [0.15, 0.2) is 18.3 Å². The van der Waals surface area contributed by atoms with Crippen LogP contribution in [0.25, 0.3) is 5.82 Å². The molecule has 3 rings (SSSR count). The number of carbonyl (C=O) groups is 1. The normalized spacial score (nSPS) is 13.6. The number of hydrogen-bond acceptors (Lipinski definition) is 3. The standard InChI is InChI=1S/C12H10IN3O2/c13-7-4-5-14-10(6-7)16-9-3-1-2-8(9)11(15-16)12(17)18/h4-6H,1-3H2,(H,17,18). The van der Waals surface area contributed by atoms with Gasteiger partial charge in [-0.25, -0.2) is 14.5 Å². The highest BCUT2D eigenvalue weighted by Crippen LogP contribution is 2.27. The molecule has 0 atom stereocenters. The molecule has 2 heterocycles. The van der Waals surface area contributed by atoms with Crippen LogP contribution in [0.4, 0.5) is 0 Å². The molecule has 0 amide bonds. The summed E-state index contributed by atoms with van der Waals surface area (Å²) in [5, 5.41) is 13.4. The third-order valence-corrected chi connectivity index (χ3v) is 3.73. The molecule has 0 unspecified atom stereocenters. The number of aromatic nitrogens is 3. The van der Waals surface area contributed by atoms with E-state index >= 15 is 0 Å². The van der Waals surface area contributed by atoms with E-state index in [9.17, 15) is 4.79 Å². The van der Waals surface area contributed by atoms with Gasteiger partial charge in [0.25, 0.3) is 0 Å². The van der Waals surface area contributed by atoms with E-state index in [4.69, 9.17) is 5.11 Å². The zero-order valence-corrected chi connectivity index (χ0v) is 11.6. The van der Waals surface area contributed by atoms with Crippen LogP contribution in [-0.4, -0.2) is 25.8 Å². The molecule has 1 aliphatic rings. The van der Waals surface area contributed by atoms with Gasteiger partial charge in [-0.05, 0) is 54.0 Å². The van der Waals surface area contributed by atoms with Crippen LogP contribution in [0.5, 0.6) is 0 Å². The Morgan fingerprint density at radius 2 is 2.28 bits per heavy atom. The number of rotatable bonds is 2. The van der Waals surface area contributed by atoms with Gasteiger partial charge in [0.1, 0.15) is 0 Å². The van der Waals surface area contributed by atoms with Crippen molar-refractivity contribution in [2.24, 2.45) is 0 Å². The lowest BCUT2D eigenvalue weighted by atomic mass is 10.2. The van der Waals surface area contributed by atoms with E-state index in [-0.39, 0.29) is 5.69 Å². The van der Waals surface area contributed by atoms with E-state index < -0.39 is 5.97 Å². The molecule has 0 fully saturated rings. The number of carboxylic acid groups (broad SMARTS) is 1. The lowest BCUT2D eigenvalue weighted by Crippen LogP contribution is -2.06. The molecule has 5 nitrogen and oxygen atoms in total. The van der Waals surface area contributed by atoms with Gasteiger partial charge in [0, 0.05) is 15.3 Å². The lowest BCUT2D eigenvalue weighted by molar-refractivity contribution is 0.0689. The van der Waals surface area contributed by atoms with E-state index in [2.05, 4.69) is 32.7 Å². The molecule has 2 aromatic rings. The molecule has 18 heavy (non-hydrogen) atoms. The van der Waals surface area contributed by atoms with Crippen molar-refractivity contribution in [1.82, 2.24) is 14.8 Å². The highest BCUT2D eigenvalue weighted by Gasteiger charge is 2.26. The molecule has 0 bridgehead atoms. The highest BCUT2D eigenvalue weighted by atomic mass is 127. The van der Waals surface area contributed by atoms with Crippen LogP contribution < -0.4 is 0 Å². The van der Waals surface area contributed by atoms with Crippen molar-refractivity contribution in [3.05, 3.63) is 38.9 Å². The van der Waals surface area contributed by atoms with E-state index in [0.29, 0.717) is 5.82 Å². The SMILES string of the molecule is O=C(O)c1nn(-c2cc(I)ccn2)c2c1CCC2. The summed E-state index contributed by atoms with van der Waals surface area (Å²) in [4.78, 5) is 15.4. The number of aromatic carboxylic acids is 1. The Balaban J connectivity index is 2.19. The van der Waals surface area contributed by atoms with Gasteiger partial charge in [-0.2, -0.15) is 5.10 Å². The Bertz CT molecular complexity index is 636. The average molecular weight is 355 g/mol. The van der Waals surface area contributed by atoms with Gasteiger partial charge in [-0.15, -0.1) is 0 Å². The first-order valence-corrected chi connectivity index (χ1v) is 6.70. The summed E-state index contributed by atoms with van der Waals surface area (Å²) >= 11 is 2.20. The molecule has 0 aliphatic heterocycles. The maximum atomic E-state index is 11.2. The second-order valence-electron chi connectivity index (χ2n) is 4.18. The number of nitrogens with zero attached hydrogens (tertiary/aromatic N) is 3. The van der Waals surface area contributed by atoms with Crippen LogP contribution >= 0.6 is 22.6 Å². The van der Waals surface area contributed by atoms with Crippen molar-refractivity contribution in [2.45, 2.75) is 19.3 Å². The topological polar surface area (TPSA) is 68.0 Å². The minimum absolute atomic E-state index is 0.170. The molecule has 0 saturated heterocycles. The van der Waals surface area contributed by atoms with Crippen molar-refractivity contribution in [1.29, 1.82) is 0 Å². The van der Waals surface area contributed by atoms with E-state index in [0.717, 1.165) is 34.1 Å². The van der Waals surface area contributed by atoms with Crippen LogP contribution in [0, 0.1) is 3.57 Å². The van der Waals surface area contributed by atoms with Crippen LogP contribution in [0.2, 0.25) is 0 Å². The van der Waals surface area contributed by atoms with Gasteiger partial charge in [-0.1, -0.05) is 0 Å². The first-order chi connectivity index (χ1) is 8.66. The second-order valence-corrected chi connectivity index (χ2v) is 5.42. The molecule has 0 spiro atoms. The molecule has 0 saturated carbocycles. The second kappa shape index (κ2) is 4.34. The summed E-state index contributed by atoms with van der Waals surface area (Å²) < 4.78 is 2.73. The number of hydrogen-bond donors (Lipinski definition) is 1. The lowest BCUT2D eigenvalue weighted by Gasteiger charge is -2.04. The molecule has 0 aromatic carbocycles.